The molecule has 2 saturated heterocycles. The van der Waals surface area contributed by atoms with Crippen molar-refractivity contribution in [2.24, 2.45) is 0 Å². The van der Waals surface area contributed by atoms with Crippen LogP contribution in [0.2, 0.25) is 0 Å². The molecule has 2 fully saturated rings. The van der Waals surface area contributed by atoms with Gasteiger partial charge in [0.15, 0.2) is 0 Å². The molecule has 7 heteroatoms. The van der Waals surface area contributed by atoms with Crippen LogP contribution in [0.25, 0.3) is 0 Å². The molecule has 3 rings (SSSR count). The Bertz CT molecular complexity index is 597. The molecule has 0 bridgehead atoms. The third-order valence-electron chi connectivity index (χ3n) is 5.26. The van der Waals surface area contributed by atoms with Crippen LogP contribution in [0.5, 0.6) is 0 Å². The summed E-state index contributed by atoms with van der Waals surface area (Å²) in [6, 6.07) is 2.12. The average Bonchev–Trinajstić information content (AvgIpc) is 2.87. The largest absolute Gasteiger partial charge is 0.384 e. The van der Waals surface area contributed by atoms with E-state index >= 15 is 0 Å². The van der Waals surface area contributed by atoms with Crippen molar-refractivity contribution in [2.75, 3.05) is 25.9 Å². The molecule has 1 aromatic rings. The van der Waals surface area contributed by atoms with E-state index in [0.717, 1.165) is 51.0 Å². The number of likely N-dealkylation sites (tertiary alicyclic amines) is 1. The Morgan fingerprint density at radius 3 is 2.92 bits per heavy atom. The summed E-state index contributed by atoms with van der Waals surface area (Å²) in [4.78, 5) is 25.5. The van der Waals surface area contributed by atoms with Crippen LogP contribution in [-0.2, 0) is 16.1 Å². The molecule has 0 radical (unpaired) electrons. The Hall–Kier alpha value is -1.73. The summed E-state index contributed by atoms with van der Waals surface area (Å²) in [5.41, 5.74) is 5.73. The second-order valence-electron chi connectivity index (χ2n) is 7.24. The van der Waals surface area contributed by atoms with Crippen LogP contribution in [0.3, 0.4) is 0 Å². The topological polar surface area (TPSA) is 84.6 Å². The molecule has 1 amide bonds. The number of anilines is 1. The summed E-state index contributed by atoms with van der Waals surface area (Å²) in [6.07, 6.45) is 6.56. The quantitative estimate of drug-likeness (QED) is 0.887. The Kier molecular flexibility index (Phi) is 5.86. The molecule has 0 aliphatic carbocycles. The summed E-state index contributed by atoms with van der Waals surface area (Å²) in [7, 11) is 2.09. The van der Waals surface area contributed by atoms with Crippen molar-refractivity contribution in [1.82, 2.24) is 19.8 Å². The number of amides is 1. The summed E-state index contributed by atoms with van der Waals surface area (Å²) in [6.45, 7) is 4.33. The molecule has 3 heterocycles. The third kappa shape index (κ3) is 4.67. The van der Waals surface area contributed by atoms with Crippen LogP contribution < -0.4 is 5.73 Å². The number of carbonyl (C=O) groups is 1. The molecule has 138 valence electrons. The lowest BCUT2D eigenvalue weighted by molar-refractivity contribution is -0.142. The highest BCUT2D eigenvalue weighted by Crippen LogP contribution is 2.23. The summed E-state index contributed by atoms with van der Waals surface area (Å²) in [5.74, 6) is 1.42. The van der Waals surface area contributed by atoms with Gasteiger partial charge in [0, 0.05) is 25.3 Å². The predicted octanol–water partition coefficient (Wildman–Crippen LogP) is 1.44. The van der Waals surface area contributed by atoms with Crippen molar-refractivity contribution >= 4 is 11.7 Å². The lowest BCUT2D eigenvalue weighted by atomic mass is 10.1. The Balaban J connectivity index is 1.53. The SMILES string of the molecule is C[C@@H]1CC[C@@H](C(=O)N2CCC[C@H](N(C)Cc3nccc(N)n3)CC2)O1. The number of nitrogens with two attached hydrogens (primary N) is 1. The Labute approximate surface area is 149 Å². The van der Waals surface area contributed by atoms with Crippen molar-refractivity contribution in [3.63, 3.8) is 0 Å². The van der Waals surface area contributed by atoms with Gasteiger partial charge in [0.05, 0.1) is 12.6 Å². The van der Waals surface area contributed by atoms with E-state index in [1.165, 1.54) is 0 Å². The first-order valence-corrected chi connectivity index (χ1v) is 9.25. The predicted molar refractivity (Wildman–Crippen MR) is 95.7 cm³/mol. The van der Waals surface area contributed by atoms with Crippen LogP contribution >= 0.6 is 0 Å². The number of ether oxygens (including phenoxy) is 1. The first-order valence-electron chi connectivity index (χ1n) is 9.25. The molecule has 25 heavy (non-hydrogen) atoms. The Morgan fingerprint density at radius 1 is 1.36 bits per heavy atom. The third-order valence-corrected chi connectivity index (χ3v) is 5.26. The normalized spacial score (nSPS) is 27.5. The molecule has 2 N–H and O–H groups in total. The lowest BCUT2D eigenvalue weighted by Gasteiger charge is -2.27. The van der Waals surface area contributed by atoms with Gasteiger partial charge in [-0.15, -0.1) is 0 Å². The molecule has 1 aromatic heterocycles. The number of rotatable bonds is 4. The second-order valence-corrected chi connectivity index (χ2v) is 7.24. The van der Waals surface area contributed by atoms with Gasteiger partial charge in [-0.3, -0.25) is 9.69 Å². The minimum Gasteiger partial charge on any atom is -0.384 e. The van der Waals surface area contributed by atoms with Crippen molar-refractivity contribution < 1.29 is 9.53 Å². The van der Waals surface area contributed by atoms with E-state index in [1.54, 1.807) is 12.3 Å². The van der Waals surface area contributed by atoms with Crippen molar-refractivity contribution in [2.45, 2.75) is 63.8 Å². The van der Waals surface area contributed by atoms with Crippen LogP contribution in [0.1, 0.15) is 44.9 Å². The molecule has 0 unspecified atom stereocenters. The molecule has 3 atom stereocenters. The fourth-order valence-electron chi connectivity index (χ4n) is 3.77. The molecular formula is C18H29N5O2. The monoisotopic (exact) mass is 347 g/mol. The highest BCUT2D eigenvalue weighted by atomic mass is 16.5. The summed E-state index contributed by atoms with van der Waals surface area (Å²) in [5, 5.41) is 0. The van der Waals surface area contributed by atoms with Gasteiger partial charge in [-0.2, -0.15) is 0 Å². The fraction of sp³-hybridized carbons (Fsp3) is 0.722. The number of aromatic nitrogens is 2. The van der Waals surface area contributed by atoms with E-state index in [0.29, 0.717) is 18.4 Å². The van der Waals surface area contributed by atoms with Gasteiger partial charge in [0.1, 0.15) is 17.7 Å². The van der Waals surface area contributed by atoms with E-state index in [2.05, 4.69) is 21.9 Å². The fourth-order valence-corrected chi connectivity index (χ4v) is 3.77. The lowest BCUT2D eigenvalue weighted by Crippen LogP contribution is -2.40. The minimum absolute atomic E-state index is 0.173. The van der Waals surface area contributed by atoms with E-state index in [1.807, 2.05) is 11.8 Å². The standard InChI is InChI=1S/C18H29N5O2/c1-13-5-6-15(25-13)18(24)23-10-3-4-14(8-11-23)22(2)12-17-20-9-7-16(19)21-17/h7,9,13-15H,3-6,8,10-12H2,1-2H3,(H2,19,20,21)/t13-,14+,15+/m1/s1. The van der Waals surface area contributed by atoms with Crippen LogP contribution in [-0.4, -0.2) is 64.1 Å². The van der Waals surface area contributed by atoms with Crippen molar-refractivity contribution in [3.05, 3.63) is 18.1 Å². The number of nitrogens with zero attached hydrogens (tertiary/aromatic N) is 4. The number of hydrogen-bond acceptors (Lipinski definition) is 6. The van der Waals surface area contributed by atoms with E-state index in [9.17, 15) is 4.79 Å². The summed E-state index contributed by atoms with van der Waals surface area (Å²) >= 11 is 0. The summed E-state index contributed by atoms with van der Waals surface area (Å²) < 4.78 is 5.75. The van der Waals surface area contributed by atoms with E-state index < -0.39 is 0 Å². The van der Waals surface area contributed by atoms with Gasteiger partial charge in [0.25, 0.3) is 5.91 Å². The van der Waals surface area contributed by atoms with E-state index in [4.69, 9.17) is 10.5 Å². The number of nitrogen functional groups attached to an aromatic ring is 1. The number of hydrogen-bond donors (Lipinski definition) is 1. The maximum absolute atomic E-state index is 12.7. The molecular weight excluding hydrogens is 318 g/mol. The maximum Gasteiger partial charge on any atom is 0.251 e. The Morgan fingerprint density at radius 2 is 2.20 bits per heavy atom. The highest BCUT2D eigenvalue weighted by Gasteiger charge is 2.33. The second kappa shape index (κ2) is 8.10. The van der Waals surface area contributed by atoms with Gasteiger partial charge < -0.3 is 15.4 Å². The molecule has 0 aromatic carbocycles. The molecule has 7 nitrogen and oxygen atoms in total. The average molecular weight is 347 g/mol. The van der Waals surface area contributed by atoms with Crippen molar-refractivity contribution in [3.8, 4) is 0 Å². The minimum atomic E-state index is -0.232. The zero-order valence-electron chi connectivity index (χ0n) is 15.2. The van der Waals surface area contributed by atoms with Crippen LogP contribution in [0.15, 0.2) is 12.3 Å². The van der Waals surface area contributed by atoms with Gasteiger partial charge in [-0.1, -0.05) is 0 Å². The highest BCUT2D eigenvalue weighted by molar-refractivity contribution is 5.81. The van der Waals surface area contributed by atoms with Crippen molar-refractivity contribution in [1.29, 1.82) is 0 Å². The molecule has 0 saturated carbocycles. The van der Waals surface area contributed by atoms with Crippen LogP contribution in [0, 0.1) is 0 Å². The first kappa shape index (κ1) is 18.1. The molecule has 2 aliphatic heterocycles. The van der Waals surface area contributed by atoms with Gasteiger partial charge in [0.2, 0.25) is 0 Å². The van der Waals surface area contributed by atoms with E-state index in [-0.39, 0.29) is 18.1 Å². The maximum atomic E-state index is 12.7. The number of carbonyl (C=O) groups excluding carboxylic acids is 1. The van der Waals surface area contributed by atoms with Gasteiger partial charge in [-0.25, -0.2) is 9.97 Å². The molecule has 2 aliphatic rings. The molecule has 0 spiro atoms. The van der Waals surface area contributed by atoms with Gasteiger partial charge >= 0.3 is 0 Å². The van der Waals surface area contributed by atoms with Gasteiger partial charge in [-0.05, 0) is 52.1 Å². The first-order chi connectivity index (χ1) is 12.0. The smallest absolute Gasteiger partial charge is 0.251 e. The zero-order valence-corrected chi connectivity index (χ0v) is 15.2. The van der Waals surface area contributed by atoms with Crippen LogP contribution in [0.4, 0.5) is 5.82 Å². The zero-order chi connectivity index (χ0) is 17.8.